The quantitative estimate of drug-likeness (QED) is 0.370. The van der Waals surface area contributed by atoms with Crippen molar-refractivity contribution < 1.29 is 14.0 Å². The summed E-state index contributed by atoms with van der Waals surface area (Å²) in [6.07, 6.45) is 4.64. The fourth-order valence-corrected chi connectivity index (χ4v) is 6.60. The number of amides is 3. The summed E-state index contributed by atoms with van der Waals surface area (Å²) < 4.78 is 18.6. The molecule has 2 aliphatic heterocycles. The summed E-state index contributed by atoms with van der Waals surface area (Å²) in [4.78, 5) is 32.7. The first-order valence-corrected chi connectivity index (χ1v) is 13.1. The molecule has 0 aliphatic carbocycles. The van der Waals surface area contributed by atoms with E-state index in [0.29, 0.717) is 31.0 Å². The lowest BCUT2D eigenvalue weighted by Gasteiger charge is -2.31. The molecule has 0 bridgehead atoms. The molecule has 1 aromatic carbocycles. The zero-order valence-corrected chi connectivity index (χ0v) is 21.3. The first-order valence-electron chi connectivity index (χ1n) is 11.9. The van der Waals surface area contributed by atoms with Crippen molar-refractivity contribution in [1.29, 1.82) is 0 Å². The van der Waals surface area contributed by atoms with Crippen molar-refractivity contribution >= 4 is 56.0 Å². The number of nitrogens with one attached hydrogen (secondary N) is 1. The number of carbonyl (C=O) groups is 2. The number of benzene rings is 1. The number of thiophene rings is 1. The second-order valence-corrected chi connectivity index (χ2v) is 11.2. The predicted molar refractivity (Wildman–Crippen MR) is 140 cm³/mol. The largest absolute Gasteiger partial charge is 0.344 e. The van der Waals surface area contributed by atoms with Crippen LogP contribution < -0.4 is 5.32 Å². The Balaban J connectivity index is 1.43. The predicted octanol–water partition coefficient (Wildman–Crippen LogP) is 5.06. The normalized spacial score (nSPS) is 18.2. The smallest absolute Gasteiger partial charge is 0.327 e. The maximum Gasteiger partial charge on any atom is 0.327 e. The van der Waals surface area contributed by atoms with E-state index in [1.54, 1.807) is 13.2 Å². The highest BCUT2D eigenvalue weighted by atomic mass is 35.5. The van der Waals surface area contributed by atoms with Crippen molar-refractivity contribution in [1.82, 2.24) is 24.7 Å². The SMILES string of the molecule is CN1CC(=O)N(Cc2cc3nccc(-c4cc(Cl)cc5ccn(CC6(F)CCNCC6)c45)c3s2)C1=O. The number of imide groups is 1. The second kappa shape index (κ2) is 8.83. The minimum Gasteiger partial charge on any atom is -0.344 e. The van der Waals surface area contributed by atoms with Crippen molar-refractivity contribution in [3.63, 3.8) is 0 Å². The molecule has 6 rings (SSSR count). The standard InChI is InChI=1S/C26H25ClFN5O2S/c1-31-14-22(34)33(25(31)35)13-18-12-21-24(36-18)19(2-6-30-21)20-11-17(27)10-16-3-9-32(23(16)20)15-26(28)4-7-29-8-5-26/h2-3,6,9-12,29H,4-5,7-8,13-15H2,1H3. The number of urea groups is 1. The number of alkyl halides is 1. The average Bonchev–Trinajstić information content (AvgIpc) is 3.51. The van der Waals surface area contributed by atoms with Crippen LogP contribution in [0.25, 0.3) is 32.2 Å². The van der Waals surface area contributed by atoms with E-state index >= 15 is 4.39 Å². The fourth-order valence-electron chi connectivity index (χ4n) is 5.25. The molecule has 0 atom stereocenters. The third-order valence-corrected chi connectivity index (χ3v) is 8.44. The van der Waals surface area contributed by atoms with Crippen molar-refractivity contribution in [2.75, 3.05) is 26.7 Å². The Morgan fingerprint density at radius 3 is 2.72 bits per heavy atom. The number of carbonyl (C=O) groups excluding carboxylic acids is 2. The summed E-state index contributed by atoms with van der Waals surface area (Å²) in [6.45, 7) is 1.94. The summed E-state index contributed by atoms with van der Waals surface area (Å²) in [5.74, 6) is -0.208. The minimum atomic E-state index is -1.26. The molecule has 0 saturated carbocycles. The van der Waals surface area contributed by atoms with Crippen molar-refractivity contribution in [2.45, 2.75) is 31.6 Å². The van der Waals surface area contributed by atoms with Crippen molar-refractivity contribution in [3.05, 3.63) is 52.6 Å². The van der Waals surface area contributed by atoms with E-state index in [4.69, 9.17) is 11.6 Å². The summed E-state index contributed by atoms with van der Waals surface area (Å²) in [5, 5.41) is 4.79. The van der Waals surface area contributed by atoms with E-state index in [1.807, 2.05) is 41.1 Å². The van der Waals surface area contributed by atoms with Crippen LogP contribution in [-0.2, 0) is 17.9 Å². The molecule has 186 valence electrons. The molecule has 0 radical (unpaired) electrons. The summed E-state index contributed by atoms with van der Waals surface area (Å²) >= 11 is 8.03. The number of nitrogens with zero attached hydrogens (tertiary/aromatic N) is 4. The molecule has 7 nitrogen and oxygen atoms in total. The molecule has 5 heterocycles. The lowest BCUT2D eigenvalue weighted by Crippen LogP contribution is -2.41. The highest BCUT2D eigenvalue weighted by Crippen LogP contribution is 2.40. The van der Waals surface area contributed by atoms with Gasteiger partial charge in [0, 0.05) is 45.9 Å². The molecule has 1 N–H and O–H groups in total. The molecule has 4 aromatic rings. The first-order chi connectivity index (χ1) is 17.3. The maximum absolute atomic E-state index is 15.7. The number of rotatable bonds is 5. The molecule has 2 aliphatic rings. The van der Waals surface area contributed by atoms with E-state index in [0.717, 1.165) is 37.1 Å². The number of halogens is 2. The Hall–Kier alpha value is -3.01. The van der Waals surface area contributed by atoms with Gasteiger partial charge < -0.3 is 14.8 Å². The number of hydrogen-bond acceptors (Lipinski definition) is 5. The number of fused-ring (bicyclic) bond motifs is 2. The summed E-state index contributed by atoms with van der Waals surface area (Å²) in [7, 11) is 1.62. The lowest BCUT2D eigenvalue weighted by molar-refractivity contribution is -0.125. The number of pyridine rings is 1. The van der Waals surface area contributed by atoms with E-state index in [1.165, 1.54) is 21.1 Å². The van der Waals surface area contributed by atoms with Gasteiger partial charge in [-0.25, -0.2) is 9.18 Å². The molecule has 3 aromatic heterocycles. The molecule has 10 heteroatoms. The number of piperidine rings is 1. The van der Waals surface area contributed by atoms with E-state index in [2.05, 4.69) is 10.3 Å². The molecule has 36 heavy (non-hydrogen) atoms. The first kappa shape index (κ1) is 23.4. The van der Waals surface area contributed by atoms with Crippen LogP contribution in [0.15, 0.2) is 42.7 Å². The van der Waals surface area contributed by atoms with Gasteiger partial charge >= 0.3 is 6.03 Å². The zero-order chi connectivity index (χ0) is 25.0. The highest BCUT2D eigenvalue weighted by molar-refractivity contribution is 7.19. The van der Waals surface area contributed by atoms with Crippen LogP contribution in [0.5, 0.6) is 0 Å². The van der Waals surface area contributed by atoms with Crippen LogP contribution in [-0.4, -0.2) is 63.6 Å². The van der Waals surface area contributed by atoms with Gasteiger partial charge in [0.05, 0.1) is 28.8 Å². The molecule has 0 spiro atoms. The highest BCUT2D eigenvalue weighted by Gasteiger charge is 2.34. The van der Waals surface area contributed by atoms with Crippen LogP contribution in [0.4, 0.5) is 9.18 Å². The van der Waals surface area contributed by atoms with Gasteiger partial charge in [0.2, 0.25) is 0 Å². The average molecular weight is 526 g/mol. The van der Waals surface area contributed by atoms with E-state index in [-0.39, 0.29) is 31.6 Å². The van der Waals surface area contributed by atoms with E-state index in [9.17, 15) is 9.59 Å². The van der Waals surface area contributed by atoms with Crippen molar-refractivity contribution in [2.24, 2.45) is 0 Å². The van der Waals surface area contributed by atoms with Crippen LogP contribution in [0.2, 0.25) is 5.02 Å². The van der Waals surface area contributed by atoms with Gasteiger partial charge in [-0.05, 0) is 56.3 Å². The Morgan fingerprint density at radius 1 is 1.17 bits per heavy atom. The molecule has 3 amide bonds. The monoisotopic (exact) mass is 525 g/mol. The molecule has 2 saturated heterocycles. The zero-order valence-electron chi connectivity index (χ0n) is 19.8. The fraction of sp³-hybridized carbons (Fsp3) is 0.346. The number of aromatic nitrogens is 2. The Kier molecular flexibility index (Phi) is 5.74. The van der Waals surface area contributed by atoms with E-state index < -0.39 is 5.67 Å². The van der Waals surface area contributed by atoms with Crippen molar-refractivity contribution in [3.8, 4) is 11.1 Å². The topological polar surface area (TPSA) is 70.5 Å². The van der Waals surface area contributed by atoms with Gasteiger partial charge in [-0.3, -0.25) is 14.7 Å². The third kappa shape index (κ3) is 4.05. The van der Waals surface area contributed by atoms with Gasteiger partial charge in [0.25, 0.3) is 5.91 Å². The Morgan fingerprint density at radius 2 is 1.97 bits per heavy atom. The molecular weight excluding hydrogens is 501 g/mol. The van der Waals surface area contributed by atoms with Crippen LogP contribution in [0.3, 0.4) is 0 Å². The Bertz CT molecular complexity index is 1510. The number of hydrogen-bond donors (Lipinski definition) is 1. The molecule has 0 unspecified atom stereocenters. The summed E-state index contributed by atoms with van der Waals surface area (Å²) in [6, 6.07) is 9.39. The maximum atomic E-state index is 15.7. The van der Waals surface area contributed by atoms with Crippen LogP contribution in [0.1, 0.15) is 17.7 Å². The molecular formula is C26H25ClFN5O2S. The third-order valence-electron chi connectivity index (χ3n) is 7.08. The second-order valence-electron chi connectivity index (χ2n) is 9.64. The molecule has 2 fully saturated rings. The lowest BCUT2D eigenvalue weighted by atomic mass is 9.94. The van der Waals surface area contributed by atoms with Gasteiger partial charge in [0.15, 0.2) is 0 Å². The Labute approximate surface area is 216 Å². The minimum absolute atomic E-state index is 0.0941. The summed E-state index contributed by atoms with van der Waals surface area (Å²) in [5.41, 5.74) is 2.31. The van der Waals surface area contributed by atoms with Crippen LogP contribution in [0, 0.1) is 0 Å². The van der Waals surface area contributed by atoms with Gasteiger partial charge in [0.1, 0.15) is 12.2 Å². The number of likely N-dealkylation sites (N-methyl/N-ethyl adjacent to an activating group) is 1. The van der Waals surface area contributed by atoms with Gasteiger partial charge in [-0.2, -0.15) is 0 Å². The van der Waals surface area contributed by atoms with Gasteiger partial charge in [-0.1, -0.05) is 11.6 Å². The van der Waals surface area contributed by atoms with Gasteiger partial charge in [-0.15, -0.1) is 11.3 Å². The van der Waals surface area contributed by atoms with Crippen LogP contribution >= 0.6 is 22.9 Å².